The zero-order chi connectivity index (χ0) is 64.0. The van der Waals surface area contributed by atoms with Gasteiger partial charge in [0.1, 0.15) is 33.8 Å². The number of hydrogen-bond acceptors (Lipinski definition) is 8. The monoisotopic (exact) mass is 1290 g/mol. The summed E-state index contributed by atoms with van der Waals surface area (Å²) in [4.78, 5) is 18.0. The van der Waals surface area contributed by atoms with Crippen molar-refractivity contribution in [3.05, 3.63) is 285 Å². The van der Waals surface area contributed by atoms with Gasteiger partial charge in [-0.1, -0.05) is 194 Å². The highest BCUT2D eigenvalue weighted by Gasteiger charge is 2.36. The van der Waals surface area contributed by atoms with Crippen LogP contribution in [0.4, 0.5) is 0 Å². The third-order valence-electron chi connectivity index (χ3n) is 20.1. The Bertz CT molecular complexity index is 6840. The largest absolute Gasteiger partial charge is 0.454 e. The Morgan fingerprint density at radius 3 is 1.11 bits per heavy atom. The average Bonchev–Trinajstić information content (AvgIpc) is 1.40. The molecule has 13 aromatic carbocycles. The minimum atomic E-state index is 0.361. The van der Waals surface area contributed by atoms with Gasteiger partial charge in [0, 0.05) is 100 Å². The predicted octanol–water partition coefficient (Wildman–Crippen LogP) is 23.4. The van der Waals surface area contributed by atoms with Gasteiger partial charge in [-0.05, 0) is 96.1 Å². The highest BCUT2D eigenvalue weighted by atomic mass is 32.1. The summed E-state index contributed by atoms with van der Waals surface area (Å²) in [6.45, 7) is 0. The van der Waals surface area contributed by atoms with Crippen molar-refractivity contribution < 1.29 is 8.83 Å². The highest BCUT2D eigenvalue weighted by molar-refractivity contribution is 7.27. The number of thiophene rings is 2. The van der Waals surface area contributed by atoms with Crippen LogP contribution in [0.25, 0.3) is 207 Å². The zero-order valence-corrected chi connectivity index (χ0v) is 53.4. The first kappa shape index (κ1) is 53.4. The van der Waals surface area contributed by atoms with Gasteiger partial charge in [0.2, 0.25) is 11.9 Å². The molecule has 0 amide bonds. The number of furan rings is 2. The second-order valence-corrected chi connectivity index (χ2v) is 27.2. The molecule has 0 spiro atoms. The van der Waals surface area contributed by atoms with Crippen LogP contribution in [0.3, 0.4) is 0 Å². The van der Waals surface area contributed by atoms with Gasteiger partial charge in [0.15, 0.2) is 17.0 Å². The van der Waals surface area contributed by atoms with E-state index in [1.807, 2.05) is 46.9 Å². The van der Waals surface area contributed by atoms with E-state index in [9.17, 15) is 5.26 Å². The lowest BCUT2D eigenvalue weighted by Crippen LogP contribution is -2.14. The minimum Gasteiger partial charge on any atom is -0.454 e. The second-order valence-electron chi connectivity index (χ2n) is 25.1. The van der Waals surface area contributed by atoms with E-state index in [2.05, 4.69) is 279 Å². The Labute approximate surface area is 563 Å². The summed E-state index contributed by atoms with van der Waals surface area (Å²) >= 11 is 3.62. The summed E-state index contributed by atoms with van der Waals surface area (Å²) in [5.41, 5.74) is 15.8. The summed E-state index contributed by atoms with van der Waals surface area (Å²) in [5.74, 6) is 1.09. The van der Waals surface area contributed by atoms with E-state index >= 15 is 0 Å². The number of nitriles is 1. The SMILES string of the molecule is N#Cc1c(-n2c3ccccc3c3c4sc5ccccc5c4ccc32)c(-c2ccccc2)c(-c2nc(-n3c4ccccc4c4oc5ccccc5c43)nc(-n3c4ccccc4c4oc5ccccc5c43)n2)c(-c2ccccc2)c1-n1c2ccccc2c2c3sc4ccccc4c3ccc21. The van der Waals surface area contributed by atoms with Gasteiger partial charge < -0.3 is 18.0 Å². The summed E-state index contributed by atoms with van der Waals surface area (Å²) < 4.78 is 27.7. The first-order valence-electron chi connectivity index (χ1n) is 32.6. The molecule has 0 aliphatic heterocycles. The Morgan fingerprint density at radius 1 is 0.306 bits per heavy atom. The molecule has 22 rings (SSSR count). The van der Waals surface area contributed by atoms with Gasteiger partial charge in [0.05, 0.1) is 44.5 Å². The molecular weight excluding hydrogens is 1240 g/mol. The lowest BCUT2D eigenvalue weighted by Gasteiger charge is -2.27. The maximum absolute atomic E-state index is 13.2. The van der Waals surface area contributed by atoms with E-state index in [1.54, 1.807) is 0 Å². The first-order valence-corrected chi connectivity index (χ1v) is 34.3. The van der Waals surface area contributed by atoms with E-state index in [1.165, 1.54) is 40.3 Å². The number of aromatic nitrogens is 7. The summed E-state index contributed by atoms with van der Waals surface area (Å²) in [5, 5.41) is 25.9. The number of fused-ring (bicyclic) bond motifs is 24. The van der Waals surface area contributed by atoms with E-state index < -0.39 is 0 Å². The molecular formula is C86H46N8O2S2. The van der Waals surface area contributed by atoms with Crippen molar-refractivity contribution in [2.24, 2.45) is 0 Å². The van der Waals surface area contributed by atoms with Crippen LogP contribution in [0.5, 0.6) is 0 Å². The zero-order valence-electron chi connectivity index (χ0n) is 51.8. The molecule has 12 heteroatoms. The van der Waals surface area contributed by atoms with Crippen LogP contribution in [0.1, 0.15) is 5.56 Å². The summed E-state index contributed by atoms with van der Waals surface area (Å²) in [6, 6.07) is 101. The summed E-state index contributed by atoms with van der Waals surface area (Å²) in [6.07, 6.45) is 0. The average molecular weight is 1290 g/mol. The Hall–Kier alpha value is -12.9. The molecule has 0 fully saturated rings. The topological polar surface area (TPSA) is 108 Å². The fourth-order valence-electron chi connectivity index (χ4n) is 16.1. The van der Waals surface area contributed by atoms with Crippen LogP contribution < -0.4 is 0 Å². The van der Waals surface area contributed by atoms with Gasteiger partial charge >= 0.3 is 0 Å². The van der Waals surface area contributed by atoms with Crippen molar-refractivity contribution >= 4 is 173 Å². The molecule has 9 aromatic heterocycles. The van der Waals surface area contributed by atoms with Crippen molar-refractivity contribution in [2.75, 3.05) is 0 Å². The molecule has 0 radical (unpaired) electrons. The third-order valence-corrected chi connectivity index (χ3v) is 22.5. The molecule has 0 bridgehead atoms. The number of nitrogens with zero attached hydrogens (tertiary/aromatic N) is 8. The normalized spacial score (nSPS) is 12.3. The summed E-state index contributed by atoms with van der Waals surface area (Å²) in [7, 11) is 0. The molecule has 0 aliphatic carbocycles. The number of hydrogen-bond donors (Lipinski definition) is 0. The molecule has 9 heterocycles. The van der Waals surface area contributed by atoms with Crippen molar-refractivity contribution in [3.63, 3.8) is 0 Å². The number of benzene rings is 13. The predicted molar refractivity (Wildman–Crippen MR) is 404 cm³/mol. The van der Waals surface area contributed by atoms with Crippen molar-refractivity contribution in [1.82, 2.24) is 33.2 Å². The molecule has 454 valence electrons. The minimum absolute atomic E-state index is 0.361. The molecule has 0 unspecified atom stereocenters. The quantitative estimate of drug-likeness (QED) is 0.157. The Kier molecular flexibility index (Phi) is 10.9. The van der Waals surface area contributed by atoms with E-state index in [-0.39, 0.29) is 0 Å². The lowest BCUT2D eigenvalue weighted by molar-refractivity contribution is 0.672. The Balaban J connectivity index is 1.00. The smallest absolute Gasteiger partial charge is 0.240 e. The van der Waals surface area contributed by atoms with Crippen molar-refractivity contribution in [2.45, 2.75) is 0 Å². The highest BCUT2D eigenvalue weighted by Crippen LogP contribution is 2.55. The third kappa shape index (κ3) is 7.19. The molecule has 98 heavy (non-hydrogen) atoms. The molecule has 0 aliphatic rings. The van der Waals surface area contributed by atoms with Crippen LogP contribution in [0, 0.1) is 11.3 Å². The maximum Gasteiger partial charge on any atom is 0.240 e. The fraction of sp³-hybridized carbons (Fsp3) is 0. The number of rotatable bonds is 7. The van der Waals surface area contributed by atoms with Gasteiger partial charge in [-0.3, -0.25) is 9.13 Å². The van der Waals surface area contributed by atoms with Crippen LogP contribution >= 0.6 is 22.7 Å². The van der Waals surface area contributed by atoms with Gasteiger partial charge in [-0.25, -0.2) is 0 Å². The first-order chi connectivity index (χ1) is 48.6. The van der Waals surface area contributed by atoms with Crippen molar-refractivity contribution in [3.8, 4) is 63.0 Å². The van der Waals surface area contributed by atoms with Crippen LogP contribution in [-0.4, -0.2) is 33.2 Å². The second kappa shape index (κ2) is 20.1. The van der Waals surface area contributed by atoms with Crippen LogP contribution in [-0.2, 0) is 0 Å². The molecule has 0 saturated heterocycles. The van der Waals surface area contributed by atoms with Crippen LogP contribution in [0.15, 0.2) is 288 Å². The van der Waals surface area contributed by atoms with E-state index in [0.717, 1.165) is 132 Å². The van der Waals surface area contributed by atoms with E-state index in [4.69, 9.17) is 23.8 Å². The Morgan fingerprint density at radius 2 is 0.673 bits per heavy atom. The van der Waals surface area contributed by atoms with Crippen LogP contribution in [0.2, 0.25) is 0 Å². The van der Waals surface area contributed by atoms with E-state index in [0.29, 0.717) is 40.2 Å². The molecule has 22 aromatic rings. The lowest BCUT2D eigenvalue weighted by atomic mass is 9.85. The molecule has 0 N–H and O–H groups in total. The van der Waals surface area contributed by atoms with Gasteiger partial charge in [-0.2, -0.15) is 20.2 Å². The fourth-order valence-corrected chi connectivity index (χ4v) is 18.7. The standard InChI is InChI=1S/C86H46N8O2S2/c87-47-60-76(91-61-35-15-7-29-54(61)73-65(91)45-43-52-50-27-13-21-41-69(50)97-82(52)73)71(48-23-3-1-4-24-48)75(72(49-25-5-2-6-26-49)77(60)92-62-36-16-8-30-55(62)74-66(92)46-44-53-51-28-14-22-42-70(51)98-83(53)74)84-88-85(93-63-37-17-9-31-56(63)80-78(93)58-33-11-19-39-67(58)95-80)90-86(89-84)94-64-38-18-10-32-57(64)81-79(94)59-34-12-20-40-68(59)96-81/h1-46H. The van der Waals surface area contributed by atoms with Crippen molar-refractivity contribution in [1.29, 1.82) is 5.26 Å². The van der Waals surface area contributed by atoms with Gasteiger partial charge in [-0.15, -0.1) is 22.7 Å². The number of para-hydroxylation sites is 6. The molecule has 10 nitrogen and oxygen atoms in total. The van der Waals surface area contributed by atoms with Gasteiger partial charge in [0.25, 0.3) is 0 Å². The molecule has 0 atom stereocenters. The maximum atomic E-state index is 13.2. The molecule has 0 saturated carbocycles.